The number of hydrogen-bond donors (Lipinski definition) is 2. The summed E-state index contributed by atoms with van der Waals surface area (Å²) in [5.41, 5.74) is 7.31. The highest BCUT2D eigenvalue weighted by molar-refractivity contribution is 7.99. The minimum absolute atomic E-state index is 0.0995. The minimum Gasteiger partial charge on any atom is -0.384 e. The molecule has 0 aliphatic heterocycles. The number of nitrogens with zero attached hydrogens (tertiary/aromatic N) is 1. The van der Waals surface area contributed by atoms with E-state index in [1.807, 2.05) is 43.3 Å². The van der Waals surface area contributed by atoms with Gasteiger partial charge in [-0.2, -0.15) is 0 Å². The first-order chi connectivity index (χ1) is 8.16. The van der Waals surface area contributed by atoms with Gasteiger partial charge in [0.25, 0.3) is 0 Å². The smallest absolute Gasteiger partial charge is 0.122 e. The third kappa shape index (κ3) is 2.85. The van der Waals surface area contributed by atoms with E-state index >= 15 is 0 Å². The van der Waals surface area contributed by atoms with Crippen molar-refractivity contribution in [2.75, 3.05) is 0 Å². The summed E-state index contributed by atoms with van der Waals surface area (Å²) < 4.78 is 0. The van der Waals surface area contributed by atoms with Crippen molar-refractivity contribution >= 4 is 17.6 Å². The molecule has 0 aliphatic rings. The normalized spacial score (nSPS) is 10.2. The van der Waals surface area contributed by atoms with Crippen molar-refractivity contribution in [2.24, 2.45) is 5.73 Å². The van der Waals surface area contributed by atoms with Gasteiger partial charge in [-0.25, -0.2) is 4.98 Å². The predicted molar refractivity (Wildman–Crippen MR) is 70.6 cm³/mol. The molecule has 1 aromatic heterocycles. The molecular formula is C13H13N3S. The van der Waals surface area contributed by atoms with Crippen molar-refractivity contribution in [3.05, 3.63) is 53.7 Å². The first-order valence-electron chi connectivity index (χ1n) is 5.21. The molecule has 0 radical (unpaired) electrons. The van der Waals surface area contributed by atoms with E-state index in [2.05, 4.69) is 4.98 Å². The average Bonchev–Trinajstić information content (AvgIpc) is 2.33. The van der Waals surface area contributed by atoms with Crippen molar-refractivity contribution < 1.29 is 0 Å². The molecule has 0 aliphatic carbocycles. The molecule has 1 heterocycles. The van der Waals surface area contributed by atoms with Gasteiger partial charge in [-0.05, 0) is 36.8 Å². The lowest BCUT2D eigenvalue weighted by Gasteiger charge is -2.06. The maximum absolute atomic E-state index is 7.38. The van der Waals surface area contributed by atoms with Gasteiger partial charge in [0.2, 0.25) is 0 Å². The summed E-state index contributed by atoms with van der Waals surface area (Å²) in [4.78, 5) is 5.40. The van der Waals surface area contributed by atoms with Crippen LogP contribution in [0.2, 0.25) is 0 Å². The van der Waals surface area contributed by atoms with E-state index in [0.717, 1.165) is 21.0 Å². The highest BCUT2D eigenvalue weighted by atomic mass is 32.2. The molecule has 0 fully saturated rings. The zero-order valence-electron chi connectivity index (χ0n) is 9.47. The molecule has 0 spiro atoms. The summed E-state index contributed by atoms with van der Waals surface area (Å²) in [5, 5.41) is 8.35. The average molecular weight is 243 g/mol. The first-order valence-corrected chi connectivity index (χ1v) is 6.02. The number of benzene rings is 1. The Labute approximate surface area is 105 Å². The van der Waals surface area contributed by atoms with Crippen LogP contribution in [-0.2, 0) is 0 Å². The molecule has 0 atom stereocenters. The summed E-state index contributed by atoms with van der Waals surface area (Å²) in [7, 11) is 0. The van der Waals surface area contributed by atoms with Crippen molar-refractivity contribution in [3.63, 3.8) is 0 Å². The summed E-state index contributed by atoms with van der Waals surface area (Å²) in [6.07, 6.45) is 1.78. The van der Waals surface area contributed by atoms with Gasteiger partial charge in [0, 0.05) is 16.7 Å². The van der Waals surface area contributed by atoms with E-state index in [1.54, 1.807) is 18.0 Å². The second-order valence-corrected chi connectivity index (χ2v) is 4.73. The Balaban J connectivity index is 2.26. The Hall–Kier alpha value is -1.81. The van der Waals surface area contributed by atoms with Gasteiger partial charge in [-0.15, -0.1) is 0 Å². The van der Waals surface area contributed by atoms with Gasteiger partial charge >= 0.3 is 0 Å². The largest absolute Gasteiger partial charge is 0.384 e. The Morgan fingerprint density at radius 3 is 2.71 bits per heavy atom. The molecule has 4 heteroatoms. The summed E-state index contributed by atoms with van der Waals surface area (Å²) in [6.45, 7) is 2.01. The van der Waals surface area contributed by atoms with Crippen LogP contribution < -0.4 is 5.73 Å². The van der Waals surface area contributed by atoms with Crippen LogP contribution in [0.1, 0.15) is 11.1 Å². The first kappa shape index (κ1) is 11.7. The second kappa shape index (κ2) is 5.01. The molecule has 3 N–H and O–H groups in total. The second-order valence-electron chi connectivity index (χ2n) is 3.66. The molecule has 1 aromatic carbocycles. The lowest BCUT2D eigenvalue weighted by atomic mass is 10.1. The van der Waals surface area contributed by atoms with Gasteiger partial charge in [-0.1, -0.05) is 23.9 Å². The Bertz CT molecular complexity index is 538. The van der Waals surface area contributed by atoms with E-state index in [-0.39, 0.29) is 5.84 Å². The van der Waals surface area contributed by atoms with Gasteiger partial charge in [-0.3, -0.25) is 5.41 Å². The van der Waals surface area contributed by atoms with Crippen LogP contribution in [0.4, 0.5) is 0 Å². The lowest BCUT2D eigenvalue weighted by molar-refractivity contribution is 1.13. The topological polar surface area (TPSA) is 62.8 Å². The summed E-state index contributed by atoms with van der Waals surface area (Å²) in [6, 6.07) is 11.6. The zero-order chi connectivity index (χ0) is 12.3. The van der Waals surface area contributed by atoms with Crippen molar-refractivity contribution in [1.82, 2.24) is 4.98 Å². The van der Waals surface area contributed by atoms with Crippen LogP contribution in [0.3, 0.4) is 0 Å². The van der Waals surface area contributed by atoms with Crippen molar-refractivity contribution in [2.45, 2.75) is 16.8 Å². The number of pyridine rings is 1. The number of aryl methyl sites for hydroxylation is 1. The van der Waals surface area contributed by atoms with E-state index in [9.17, 15) is 0 Å². The van der Waals surface area contributed by atoms with Gasteiger partial charge in [0.15, 0.2) is 0 Å². The fraction of sp³-hybridized carbons (Fsp3) is 0.0769. The molecular weight excluding hydrogens is 230 g/mol. The van der Waals surface area contributed by atoms with Gasteiger partial charge < -0.3 is 5.73 Å². The highest BCUT2D eigenvalue weighted by Gasteiger charge is 2.04. The van der Waals surface area contributed by atoms with Crippen LogP contribution in [0.5, 0.6) is 0 Å². The van der Waals surface area contributed by atoms with Crippen LogP contribution >= 0.6 is 11.8 Å². The number of amidine groups is 1. The third-order valence-electron chi connectivity index (χ3n) is 2.34. The van der Waals surface area contributed by atoms with Gasteiger partial charge in [0.05, 0.1) is 0 Å². The van der Waals surface area contributed by atoms with E-state index in [1.165, 1.54) is 0 Å². The van der Waals surface area contributed by atoms with E-state index < -0.39 is 0 Å². The number of nitrogen functional groups attached to an aromatic ring is 1. The Morgan fingerprint density at radius 1 is 1.29 bits per heavy atom. The SMILES string of the molecule is Cc1cc(C(=N)N)ccc1Sc1ccccn1. The number of rotatable bonds is 3. The van der Waals surface area contributed by atoms with E-state index in [0.29, 0.717) is 0 Å². The van der Waals surface area contributed by atoms with Crippen LogP contribution in [0.15, 0.2) is 52.5 Å². The molecule has 0 saturated heterocycles. The molecule has 86 valence electrons. The zero-order valence-corrected chi connectivity index (χ0v) is 10.3. The van der Waals surface area contributed by atoms with Crippen LogP contribution in [0, 0.1) is 12.3 Å². The predicted octanol–water partition coefficient (Wildman–Crippen LogP) is 2.83. The van der Waals surface area contributed by atoms with E-state index in [4.69, 9.17) is 11.1 Å². The Kier molecular flexibility index (Phi) is 3.44. The third-order valence-corrected chi connectivity index (χ3v) is 3.47. The maximum Gasteiger partial charge on any atom is 0.122 e. The number of nitrogens with two attached hydrogens (primary N) is 1. The lowest BCUT2D eigenvalue weighted by Crippen LogP contribution is -2.10. The minimum atomic E-state index is 0.0995. The number of aromatic nitrogens is 1. The van der Waals surface area contributed by atoms with Crippen molar-refractivity contribution in [3.8, 4) is 0 Å². The van der Waals surface area contributed by atoms with Crippen LogP contribution in [0.25, 0.3) is 0 Å². The number of hydrogen-bond acceptors (Lipinski definition) is 3. The molecule has 0 saturated carbocycles. The quantitative estimate of drug-likeness (QED) is 0.643. The molecule has 3 nitrogen and oxygen atoms in total. The fourth-order valence-corrected chi connectivity index (χ4v) is 2.29. The Morgan fingerprint density at radius 2 is 2.12 bits per heavy atom. The maximum atomic E-state index is 7.38. The van der Waals surface area contributed by atoms with Crippen LogP contribution in [-0.4, -0.2) is 10.8 Å². The van der Waals surface area contributed by atoms with Gasteiger partial charge in [0.1, 0.15) is 10.9 Å². The molecule has 0 unspecified atom stereocenters. The standard InChI is InChI=1S/C13H13N3S/c1-9-8-10(13(14)15)5-6-11(9)17-12-4-2-3-7-16-12/h2-8H,1H3,(H3,14,15). The molecule has 0 amide bonds. The fourth-order valence-electron chi connectivity index (χ4n) is 1.45. The molecule has 2 aromatic rings. The molecule has 17 heavy (non-hydrogen) atoms. The number of nitrogens with one attached hydrogen (secondary N) is 1. The van der Waals surface area contributed by atoms with Crippen molar-refractivity contribution in [1.29, 1.82) is 5.41 Å². The summed E-state index contributed by atoms with van der Waals surface area (Å²) in [5.74, 6) is 0.0995. The molecule has 2 rings (SSSR count). The highest BCUT2D eigenvalue weighted by Crippen LogP contribution is 2.28. The summed E-state index contributed by atoms with van der Waals surface area (Å²) >= 11 is 1.61. The molecule has 0 bridgehead atoms. The monoisotopic (exact) mass is 243 g/mol.